The van der Waals surface area contributed by atoms with Gasteiger partial charge in [0.15, 0.2) is 0 Å². The molecule has 9 rings (SSSR count). The molecule has 0 aromatic heterocycles. The fourth-order valence-corrected chi connectivity index (χ4v) is 15.6. The summed E-state index contributed by atoms with van der Waals surface area (Å²) in [6.45, 7) is 4.96. The minimum Gasteiger partial charge on any atom is -0.478 e. The molecule has 0 aliphatic carbocycles. The molecule has 0 fully saturated rings. The number of benzene rings is 9. The quantitative estimate of drug-likeness (QED) is 0.0332. The number of hydrogen-bond donors (Lipinski definition) is 8. The standard InChI is InChI=1S/C67H52N4O20S4/c1-37-11-5-15-43(27-37)92(84,85)47-19-9-20-48(33-47)93(86,87)44-16-6-12-40(30-44)69-60(73)53-28-38(23-25-51(53)63(76)77)67(2,3)39-24-26-52(64(78)79)54(29-39)61(74)70-41-13-7-17-45(31-41)94(88,89)49-21-10-22-50(34-49)95(90,91)46-18-8-14-42(32-46)71-62(75)56-35-55(59(72)68-4)57(65(80)81)36-58(56)66(82)83/h5-36H,1-4H3,(H,68,72)(H,69,73)(H,70,74)(H,71,75)(H,76,77)(H,78,79)(H,80,81)(H,82,83). The van der Waals surface area contributed by atoms with Crippen molar-refractivity contribution in [1.29, 1.82) is 0 Å². The Labute approximate surface area is 542 Å². The molecule has 9 aromatic carbocycles. The summed E-state index contributed by atoms with van der Waals surface area (Å²) in [6, 6.07) is 38.2. The molecule has 484 valence electrons. The summed E-state index contributed by atoms with van der Waals surface area (Å²) in [7, 11) is -16.7. The zero-order valence-electron chi connectivity index (χ0n) is 49.9. The Hall–Kier alpha value is -11.5. The summed E-state index contributed by atoms with van der Waals surface area (Å²) in [4.78, 5) is 101. The number of carbonyl (C=O) groups excluding carboxylic acids is 4. The van der Waals surface area contributed by atoms with E-state index < -0.39 is 156 Å². The minimum atomic E-state index is -4.65. The van der Waals surface area contributed by atoms with Crippen molar-refractivity contribution in [3.8, 4) is 0 Å². The molecule has 24 nitrogen and oxygen atoms in total. The van der Waals surface area contributed by atoms with Crippen molar-refractivity contribution in [2.45, 2.75) is 65.4 Å². The molecule has 0 heterocycles. The molecule has 4 amide bonds. The van der Waals surface area contributed by atoms with Crippen LogP contribution in [-0.4, -0.2) is 109 Å². The Morgan fingerprint density at radius 2 is 0.568 bits per heavy atom. The Kier molecular flexibility index (Phi) is 18.8. The van der Waals surface area contributed by atoms with Gasteiger partial charge in [-0.25, -0.2) is 52.8 Å². The number of amides is 4. The summed E-state index contributed by atoms with van der Waals surface area (Å²) < 4.78 is 112. The van der Waals surface area contributed by atoms with Gasteiger partial charge in [-0.05, 0) is 163 Å². The van der Waals surface area contributed by atoms with Crippen LogP contribution in [0.2, 0.25) is 0 Å². The van der Waals surface area contributed by atoms with E-state index in [1.54, 1.807) is 32.9 Å². The van der Waals surface area contributed by atoms with Crippen molar-refractivity contribution < 1.29 is 92.5 Å². The molecule has 28 heteroatoms. The minimum absolute atomic E-state index is 0.0475. The third-order valence-corrected chi connectivity index (χ3v) is 22.1. The van der Waals surface area contributed by atoms with Crippen LogP contribution in [0.15, 0.2) is 233 Å². The molecular weight excluding hydrogens is 1310 g/mol. The number of nitrogens with one attached hydrogen (secondary N) is 4. The molecule has 9 aromatic rings. The normalized spacial score (nSPS) is 11.8. The molecule has 0 bridgehead atoms. The van der Waals surface area contributed by atoms with E-state index >= 15 is 0 Å². The Morgan fingerprint density at radius 3 is 0.874 bits per heavy atom. The van der Waals surface area contributed by atoms with E-state index in [4.69, 9.17) is 0 Å². The van der Waals surface area contributed by atoms with Crippen molar-refractivity contribution in [2.75, 3.05) is 23.0 Å². The van der Waals surface area contributed by atoms with E-state index in [-0.39, 0.29) is 47.8 Å². The molecule has 0 unspecified atom stereocenters. The SMILES string of the molecule is CNC(=O)c1cc(C(=O)Nc2cccc(S(=O)(=O)c3cccc(S(=O)(=O)c4cccc(NC(=O)c5cc(C(C)(C)c6ccc(C(=O)O)c(C(=O)Nc7cccc(S(=O)(=O)c8cccc(S(=O)(=O)c9cccc(C)c9)c8)c7)c6)ccc5C(=O)O)c4)c3)c2)c(C(=O)O)cc1C(=O)O. The number of carbonyl (C=O) groups is 8. The Balaban J connectivity index is 0.939. The van der Waals surface area contributed by atoms with E-state index in [2.05, 4.69) is 21.3 Å². The van der Waals surface area contributed by atoms with Gasteiger partial charge in [0.25, 0.3) is 23.6 Å². The largest absolute Gasteiger partial charge is 0.478 e. The summed E-state index contributed by atoms with van der Waals surface area (Å²) in [5.41, 5.74) is -5.06. The second kappa shape index (κ2) is 26.3. The summed E-state index contributed by atoms with van der Waals surface area (Å²) >= 11 is 0. The van der Waals surface area contributed by atoms with Gasteiger partial charge in [-0.15, -0.1) is 0 Å². The lowest BCUT2D eigenvalue weighted by Gasteiger charge is -2.28. The number of carboxylic acid groups (broad SMARTS) is 4. The highest BCUT2D eigenvalue weighted by atomic mass is 32.2. The second-order valence-electron chi connectivity index (χ2n) is 21.6. The number of sulfone groups is 4. The maximum Gasteiger partial charge on any atom is 0.336 e. The van der Waals surface area contributed by atoms with Gasteiger partial charge in [0, 0.05) is 29.5 Å². The van der Waals surface area contributed by atoms with E-state index in [1.165, 1.54) is 104 Å². The van der Waals surface area contributed by atoms with Gasteiger partial charge in [0.05, 0.1) is 83.7 Å². The topological polar surface area (TPSA) is 402 Å². The third-order valence-electron chi connectivity index (χ3n) is 15.1. The van der Waals surface area contributed by atoms with E-state index in [0.717, 1.165) is 78.9 Å². The fourth-order valence-electron chi connectivity index (χ4n) is 10.0. The number of carboxylic acids is 4. The van der Waals surface area contributed by atoms with Gasteiger partial charge < -0.3 is 41.7 Å². The summed E-state index contributed by atoms with van der Waals surface area (Å²) in [5.74, 6) is -10.6. The first kappa shape index (κ1) is 67.9. The monoisotopic (exact) mass is 1360 g/mol. The maximum atomic E-state index is 14.3. The molecule has 95 heavy (non-hydrogen) atoms. The van der Waals surface area contributed by atoms with Crippen LogP contribution < -0.4 is 21.3 Å². The highest BCUT2D eigenvalue weighted by Crippen LogP contribution is 2.36. The smallest absolute Gasteiger partial charge is 0.336 e. The molecule has 0 aliphatic heterocycles. The van der Waals surface area contributed by atoms with Crippen LogP contribution in [0.3, 0.4) is 0 Å². The van der Waals surface area contributed by atoms with Crippen LogP contribution >= 0.6 is 0 Å². The average Bonchev–Trinajstić information content (AvgIpc) is 0.807. The van der Waals surface area contributed by atoms with Crippen LogP contribution in [0.5, 0.6) is 0 Å². The average molecular weight is 1360 g/mol. The van der Waals surface area contributed by atoms with Gasteiger partial charge in [0.2, 0.25) is 39.3 Å². The lowest BCUT2D eigenvalue weighted by atomic mass is 9.76. The number of rotatable bonds is 21. The van der Waals surface area contributed by atoms with Crippen LogP contribution in [0.25, 0.3) is 0 Å². The van der Waals surface area contributed by atoms with Crippen LogP contribution in [0.4, 0.5) is 17.1 Å². The molecule has 0 saturated carbocycles. The van der Waals surface area contributed by atoms with Crippen LogP contribution in [-0.2, 0) is 44.8 Å². The number of aryl methyl sites for hydroxylation is 1. The number of aromatic carboxylic acids is 4. The van der Waals surface area contributed by atoms with E-state index in [9.17, 15) is 92.5 Å². The van der Waals surface area contributed by atoms with Crippen LogP contribution in [0, 0.1) is 6.92 Å². The third kappa shape index (κ3) is 13.9. The first-order valence-electron chi connectivity index (χ1n) is 27.8. The zero-order valence-corrected chi connectivity index (χ0v) is 53.2. The zero-order chi connectivity index (χ0) is 69.3. The van der Waals surface area contributed by atoms with Gasteiger partial charge in [-0.2, -0.15) is 0 Å². The van der Waals surface area contributed by atoms with Gasteiger partial charge in [-0.3, -0.25) is 19.2 Å². The first-order chi connectivity index (χ1) is 44.7. The first-order valence-corrected chi connectivity index (χ1v) is 33.7. The number of hydrogen-bond acceptors (Lipinski definition) is 16. The summed E-state index contributed by atoms with van der Waals surface area (Å²) in [6.07, 6.45) is 0. The van der Waals surface area contributed by atoms with E-state index in [1.807, 2.05) is 0 Å². The van der Waals surface area contributed by atoms with Gasteiger partial charge in [-0.1, -0.05) is 68.4 Å². The fraction of sp³-hybridized carbons (Fsp3) is 0.0746. The predicted octanol–water partition coefficient (Wildman–Crippen LogP) is 9.56. The molecule has 0 atom stereocenters. The summed E-state index contributed by atoms with van der Waals surface area (Å²) in [5, 5.41) is 49.6. The lowest BCUT2D eigenvalue weighted by molar-refractivity contribution is 0.0677. The van der Waals surface area contributed by atoms with Crippen LogP contribution in [0.1, 0.15) is 113 Å². The molecule has 0 saturated heterocycles. The lowest BCUT2D eigenvalue weighted by Crippen LogP contribution is -2.24. The molecule has 0 spiro atoms. The highest BCUT2D eigenvalue weighted by Gasteiger charge is 2.32. The van der Waals surface area contributed by atoms with Gasteiger partial charge in [0.1, 0.15) is 0 Å². The Morgan fingerprint density at radius 1 is 0.305 bits per heavy atom. The van der Waals surface area contributed by atoms with Crippen molar-refractivity contribution in [1.82, 2.24) is 5.32 Å². The second-order valence-corrected chi connectivity index (χ2v) is 29.4. The van der Waals surface area contributed by atoms with Crippen molar-refractivity contribution in [3.63, 3.8) is 0 Å². The van der Waals surface area contributed by atoms with Crippen molar-refractivity contribution in [2.24, 2.45) is 0 Å². The van der Waals surface area contributed by atoms with Crippen molar-refractivity contribution in [3.05, 3.63) is 255 Å². The maximum absolute atomic E-state index is 14.3. The number of anilines is 3. The highest BCUT2D eigenvalue weighted by molar-refractivity contribution is 7.93. The van der Waals surface area contributed by atoms with E-state index in [0.29, 0.717) is 11.6 Å². The molecule has 0 radical (unpaired) electrons. The predicted molar refractivity (Wildman–Crippen MR) is 342 cm³/mol. The molecule has 0 aliphatic rings. The Bertz CT molecular complexity index is 5260. The molecular formula is C67H52N4O20S4. The van der Waals surface area contributed by atoms with Gasteiger partial charge >= 0.3 is 23.9 Å². The van der Waals surface area contributed by atoms with Crippen molar-refractivity contribution >= 4 is 104 Å². The molecule has 8 N–H and O–H groups in total.